The Morgan fingerprint density at radius 3 is 1.06 bits per heavy atom. The summed E-state index contributed by atoms with van der Waals surface area (Å²) in [7, 11) is 0. The van der Waals surface area contributed by atoms with Crippen LogP contribution in [0.4, 0.5) is 0 Å². The molecule has 20 N–H and O–H groups in total. The lowest BCUT2D eigenvalue weighted by atomic mass is 9.97. The van der Waals surface area contributed by atoms with Crippen molar-refractivity contribution < 1.29 is 136 Å². The van der Waals surface area contributed by atoms with Crippen LogP contribution in [-0.2, 0) is 81.0 Å². The van der Waals surface area contributed by atoms with Crippen LogP contribution in [-0.4, -0.2) is 321 Å². The molecule has 3 aliphatic rings. The molecule has 0 aliphatic carbocycles. The quantitative estimate of drug-likeness (QED) is 0.0271. The molecule has 4 rings (SSSR count). The van der Waals surface area contributed by atoms with Gasteiger partial charge in [-0.05, 0) is 103 Å². The minimum absolute atomic E-state index is 0.0788. The van der Waals surface area contributed by atoms with Gasteiger partial charge in [-0.1, -0.05) is 0 Å². The summed E-state index contributed by atoms with van der Waals surface area (Å²) in [6.45, 7) is 6.72. The zero-order chi connectivity index (χ0) is 79.6. The van der Waals surface area contributed by atoms with Crippen molar-refractivity contribution in [3.63, 3.8) is 0 Å². The topological polar surface area (TPSA) is 562 Å². The number of carbonyl (C=O) groups excluding carboxylic acids is 9. The zero-order valence-electron chi connectivity index (χ0n) is 62.7. The van der Waals surface area contributed by atoms with Crippen molar-refractivity contribution in [3.8, 4) is 5.75 Å². The first-order chi connectivity index (χ1) is 51.5. The first kappa shape index (κ1) is 93.9. The van der Waals surface area contributed by atoms with E-state index in [1.807, 2.05) is 20.8 Å². The molecule has 38 nitrogen and oxygen atoms in total. The number of ether oxygens (including phenoxy) is 10. The third-order valence-corrected chi connectivity index (χ3v) is 17.1. The third kappa shape index (κ3) is 36.1. The first-order valence-electron chi connectivity index (χ1n) is 37.0. The molecule has 618 valence electrons. The molecule has 0 spiro atoms. The van der Waals surface area contributed by atoms with Crippen LogP contribution in [0.3, 0.4) is 0 Å². The average Bonchev–Trinajstić information content (AvgIpc) is 0.836. The van der Waals surface area contributed by atoms with Gasteiger partial charge >= 0.3 is 0 Å². The van der Waals surface area contributed by atoms with Crippen LogP contribution in [0.25, 0.3) is 0 Å². The minimum atomic E-state index is -1.50. The molecule has 3 heterocycles. The molecule has 1 aromatic carbocycles. The monoisotopic (exact) mass is 1550 g/mol. The molecule has 3 fully saturated rings. The predicted molar refractivity (Wildman–Crippen MR) is 381 cm³/mol. The van der Waals surface area contributed by atoms with Crippen LogP contribution >= 0.6 is 0 Å². The van der Waals surface area contributed by atoms with Crippen LogP contribution in [0.1, 0.15) is 141 Å². The maximum atomic E-state index is 14.2. The van der Waals surface area contributed by atoms with Crippen LogP contribution in [0.5, 0.6) is 5.75 Å². The highest BCUT2D eigenvalue weighted by molar-refractivity contribution is 5.95. The number of carbonyl (C=O) groups is 9. The van der Waals surface area contributed by atoms with Crippen LogP contribution < -0.4 is 58.3 Å². The van der Waals surface area contributed by atoms with E-state index in [1.165, 1.54) is 13.8 Å². The SMILES string of the molecule is CC(=O)NC1C(OCCCCC(=O)NCCCNC(=O)CCOCC(COCCC(=O)NCCCNC(=O)CCCCOC2OC(CO)C(O)C(O)C2N)(COCCC(=O)NCCCNC(=O)CCCCOC2OC(CO)C(O)C(O)C2NC(C)=O)NC(=O)c2ccc(OC(C)(C)C)cc2)OC(CO)C(O)C1O. The van der Waals surface area contributed by atoms with Gasteiger partial charge in [0.2, 0.25) is 47.3 Å². The van der Waals surface area contributed by atoms with E-state index < -0.39 is 141 Å². The fourth-order valence-electron chi connectivity index (χ4n) is 11.3. The third-order valence-electron chi connectivity index (χ3n) is 17.1. The van der Waals surface area contributed by atoms with E-state index in [2.05, 4.69) is 47.9 Å². The van der Waals surface area contributed by atoms with Gasteiger partial charge in [0, 0.05) is 117 Å². The van der Waals surface area contributed by atoms with Gasteiger partial charge < -0.3 is 147 Å². The normalized spacial score (nSPS) is 24.8. The van der Waals surface area contributed by atoms with Gasteiger partial charge in [-0.15, -0.1) is 0 Å². The zero-order valence-corrected chi connectivity index (χ0v) is 62.7. The molecule has 0 bridgehead atoms. The first-order valence-corrected chi connectivity index (χ1v) is 37.0. The number of nitrogens with two attached hydrogens (primary N) is 1. The van der Waals surface area contributed by atoms with Crippen molar-refractivity contribution in [3.05, 3.63) is 29.8 Å². The Bertz CT molecular complexity index is 2730. The van der Waals surface area contributed by atoms with Crippen molar-refractivity contribution >= 4 is 53.2 Å². The summed E-state index contributed by atoms with van der Waals surface area (Å²) in [6.07, 6.45) is -11.5. The largest absolute Gasteiger partial charge is 0.488 e. The van der Waals surface area contributed by atoms with E-state index in [4.69, 9.17) is 53.1 Å². The standard InChI is InChI=1S/C70H120N10O28/c1-43(84)78-57-63(96)60(93)48(38-82)106-67(57)103-32-10-7-16-51(87)73-26-13-29-76-54(90)23-35-100-41-70(80-65(98)45-18-20-46(21-19-45)108-69(3,4)5,40-99-34-22-53(89)75-28-12-25-72-50(86)15-6-9-31-102-66-56(71)62(95)59(92)47(37-81)105-66)42-101-36-24-55(91)77-30-14-27-74-52(88)17-8-11-33-104-68-58(79-44(2)85)64(97)61(94)49(39-83)107-68/h18-21,47-49,56-64,66-68,81-83,92-97H,6-17,22-42,71H2,1-5H3,(H,72,86)(H,73,87)(H,74,88)(H,75,89)(H,76,90)(H,77,91)(H,78,84)(H,79,85)(H,80,98). The van der Waals surface area contributed by atoms with Crippen LogP contribution in [0.2, 0.25) is 0 Å². The van der Waals surface area contributed by atoms with Gasteiger partial charge in [-0.2, -0.15) is 0 Å². The smallest absolute Gasteiger partial charge is 0.251 e. The van der Waals surface area contributed by atoms with Crippen LogP contribution in [0.15, 0.2) is 24.3 Å². The Morgan fingerprint density at radius 2 is 0.731 bits per heavy atom. The maximum Gasteiger partial charge on any atom is 0.251 e. The summed E-state index contributed by atoms with van der Waals surface area (Å²) in [5.41, 5.74) is 4.09. The molecule has 3 saturated heterocycles. The summed E-state index contributed by atoms with van der Waals surface area (Å²) < 4.78 is 57.8. The number of aliphatic hydroxyl groups excluding tert-OH is 9. The number of unbranched alkanes of at least 4 members (excludes halogenated alkanes) is 3. The molecule has 15 atom stereocenters. The van der Waals surface area contributed by atoms with Gasteiger partial charge in [0.25, 0.3) is 5.91 Å². The van der Waals surface area contributed by atoms with Crippen molar-refractivity contribution in [2.75, 3.05) is 119 Å². The minimum Gasteiger partial charge on any atom is -0.488 e. The summed E-state index contributed by atoms with van der Waals surface area (Å²) in [5, 5.41) is 115. The second-order valence-corrected chi connectivity index (χ2v) is 27.7. The Kier molecular flexibility index (Phi) is 44.4. The molecule has 108 heavy (non-hydrogen) atoms. The molecular weight excluding hydrogens is 1430 g/mol. The fraction of sp³-hybridized carbons (Fsp3) is 0.786. The molecule has 0 radical (unpaired) electrons. The van der Waals surface area contributed by atoms with Gasteiger partial charge in [-0.25, -0.2) is 0 Å². The number of rotatable bonds is 53. The number of hydrogen-bond donors (Lipinski definition) is 19. The molecule has 0 aromatic heterocycles. The molecule has 9 amide bonds. The highest BCUT2D eigenvalue weighted by Gasteiger charge is 2.47. The molecular formula is C70H120N10O28. The Balaban J connectivity index is 1.28. The fourth-order valence-corrected chi connectivity index (χ4v) is 11.3. The lowest BCUT2D eigenvalue weighted by molar-refractivity contribution is -0.270. The Labute approximate surface area is 629 Å². The molecule has 38 heteroatoms. The highest BCUT2D eigenvalue weighted by atomic mass is 16.7. The predicted octanol–water partition coefficient (Wildman–Crippen LogP) is -5.37. The van der Waals surface area contributed by atoms with Gasteiger partial charge in [0.05, 0.1) is 65.5 Å². The second-order valence-electron chi connectivity index (χ2n) is 27.7. The summed E-state index contributed by atoms with van der Waals surface area (Å²) in [5.74, 6) is -2.93. The average molecular weight is 1550 g/mol. The lowest BCUT2D eigenvalue weighted by Crippen LogP contribution is -2.64. The summed E-state index contributed by atoms with van der Waals surface area (Å²) in [4.78, 5) is 115. The number of nitrogens with one attached hydrogen (secondary N) is 9. The number of benzene rings is 1. The second kappa shape index (κ2) is 51.1. The number of aliphatic hydroxyl groups is 9. The van der Waals surface area contributed by atoms with E-state index in [1.54, 1.807) is 24.3 Å². The molecule has 1 aromatic rings. The van der Waals surface area contributed by atoms with Crippen molar-refractivity contribution in [2.45, 2.75) is 234 Å². The summed E-state index contributed by atoms with van der Waals surface area (Å²) >= 11 is 0. The van der Waals surface area contributed by atoms with Gasteiger partial charge in [0.1, 0.15) is 83.9 Å². The van der Waals surface area contributed by atoms with E-state index in [0.29, 0.717) is 63.5 Å². The van der Waals surface area contributed by atoms with E-state index in [9.17, 15) is 89.1 Å². The highest BCUT2D eigenvalue weighted by Crippen LogP contribution is 2.26. The number of hydrogen-bond acceptors (Lipinski definition) is 29. The molecule has 0 saturated carbocycles. The molecule has 15 unspecified atom stereocenters. The summed E-state index contributed by atoms with van der Waals surface area (Å²) in [6, 6.07) is 3.17. The maximum absolute atomic E-state index is 14.2. The van der Waals surface area contributed by atoms with E-state index in [0.717, 1.165) is 0 Å². The molecule has 3 aliphatic heterocycles. The van der Waals surface area contributed by atoms with E-state index >= 15 is 0 Å². The lowest BCUT2D eigenvalue weighted by Gasteiger charge is -2.42. The van der Waals surface area contributed by atoms with Crippen molar-refractivity contribution in [1.82, 2.24) is 47.9 Å². The van der Waals surface area contributed by atoms with E-state index in [-0.39, 0.29) is 178 Å². The van der Waals surface area contributed by atoms with Crippen molar-refractivity contribution in [1.29, 1.82) is 0 Å². The van der Waals surface area contributed by atoms with Gasteiger partial charge in [0.15, 0.2) is 18.9 Å². The Hall–Kier alpha value is -6.51. The van der Waals surface area contributed by atoms with Crippen LogP contribution in [0, 0.1) is 0 Å². The van der Waals surface area contributed by atoms with Crippen molar-refractivity contribution in [2.24, 2.45) is 5.73 Å². The number of amides is 9. The Morgan fingerprint density at radius 1 is 0.417 bits per heavy atom. The van der Waals surface area contributed by atoms with Gasteiger partial charge in [-0.3, -0.25) is 43.2 Å².